The molecule has 0 aliphatic carbocycles. The lowest BCUT2D eigenvalue weighted by Crippen LogP contribution is -2.16. The Morgan fingerprint density at radius 1 is 0.833 bits per heavy atom. The molecule has 222 valence electrons. The highest BCUT2D eigenvalue weighted by Crippen LogP contribution is 2.34. The van der Waals surface area contributed by atoms with Crippen molar-refractivity contribution in [3.63, 3.8) is 0 Å². The number of halogens is 2. The first-order valence-corrected chi connectivity index (χ1v) is 14.8. The van der Waals surface area contributed by atoms with Crippen molar-refractivity contribution in [1.29, 1.82) is 0 Å². The van der Waals surface area contributed by atoms with Gasteiger partial charge in [0, 0.05) is 37.8 Å². The van der Waals surface area contributed by atoms with E-state index in [1.165, 1.54) is 16.7 Å². The van der Waals surface area contributed by atoms with E-state index in [1.807, 2.05) is 43.3 Å². The minimum atomic E-state index is 0.182. The summed E-state index contributed by atoms with van der Waals surface area (Å²) < 4.78 is 22.7. The van der Waals surface area contributed by atoms with Crippen LogP contribution in [0.1, 0.15) is 34.6 Å². The van der Waals surface area contributed by atoms with Gasteiger partial charge in [0.05, 0.1) is 16.7 Å². The maximum atomic E-state index is 6.27. The third-order valence-electron chi connectivity index (χ3n) is 6.95. The van der Waals surface area contributed by atoms with E-state index >= 15 is 0 Å². The van der Waals surface area contributed by atoms with Crippen LogP contribution >= 0.6 is 23.2 Å². The molecule has 42 heavy (non-hydrogen) atoms. The van der Waals surface area contributed by atoms with Crippen LogP contribution in [0.25, 0.3) is 11.1 Å². The Morgan fingerprint density at radius 3 is 2.26 bits per heavy atom. The lowest BCUT2D eigenvalue weighted by Gasteiger charge is -2.19. The molecule has 6 nitrogen and oxygen atoms in total. The Morgan fingerprint density at radius 2 is 1.57 bits per heavy atom. The molecular weight excluding hydrogens is 571 g/mol. The Bertz CT molecular complexity index is 1420. The molecule has 1 aromatic heterocycles. The van der Waals surface area contributed by atoms with E-state index in [1.54, 1.807) is 13.3 Å². The summed E-state index contributed by atoms with van der Waals surface area (Å²) in [7, 11) is 1.69. The average Bonchev–Trinajstić information content (AvgIpc) is 2.98. The fourth-order valence-electron chi connectivity index (χ4n) is 4.85. The molecule has 1 atom stereocenters. The predicted octanol–water partition coefficient (Wildman–Crippen LogP) is 7.83. The third kappa shape index (κ3) is 8.62. The van der Waals surface area contributed by atoms with Crippen LogP contribution in [0.3, 0.4) is 0 Å². The van der Waals surface area contributed by atoms with E-state index in [4.69, 9.17) is 47.9 Å². The summed E-state index contributed by atoms with van der Waals surface area (Å²) in [5.41, 5.74) is 12.9. The fraction of sp³-hybridized carbons (Fsp3) is 0.324. The van der Waals surface area contributed by atoms with Gasteiger partial charge in [0.1, 0.15) is 19.0 Å². The SMILES string of the molecule is COCCCOc1ncccc1-c1ccc(C(CN)Cc2ccc(OCCOc3c(Cl)cc(C)cc3Cl)cc2)c(C)c1. The number of ether oxygens (including phenoxy) is 4. The van der Waals surface area contributed by atoms with Gasteiger partial charge in [0.25, 0.3) is 0 Å². The molecule has 0 fully saturated rings. The summed E-state index contributed by atoms with van der Waals surface area (Å²) in [6.45, 7) is 6.51. The lowest BCUT2D eigenvalue weighted by molar-refractivity contribution is 0.171. The number of pyridine rings is 1. The molecule has 1 unspecified atom stereocenters. The van der Waals surface area contributed by atoms with Crippen molar-refractivity contribution in [1.82, 2.24) is 4.98 Å². The Balaban J connectivity index is 1.34. The third-order valence-corrected chi connectivity index (χ3v) is 7.52. The molecule has 4 aromatic rings. The molecule has 4 rings (SSSR count). The number of aryl methyl sites for hydroxylation is 2. The van der Waals surface area contributed by atoms with Gasteiger partial charge in [0.15, 0.2) is 5.75 Å². The van der Waals surface area contributed by atoms with Gasteiger partial charge in [-0.15, -0.1) is 0 Å². The van der Waals surface area contributed by atoms with Gasteiger partial charge in [-0.25, -0.2) is 4.98 Å². The molecule has 0 radical (unpaired) electrons. The molecule has 0 aliphatic rings. The van der Waals surface area contributed by atoms with Crippen molar-refractivity contribution in [2.75, 3.05) is 40.1 Å². The lowest BCUT2D eigenvalue weighted by atomic mass is 9.87. The predicted molar refractivity (Wildman–Crippen MR) is 171 cm³/mol. The number of rotatable bonds is 15. The van der Waals surface area contributed by atoms with Gasteiger partial charge < -0.3 is 24.7 Å². The summed E-state index contributed by atoms with van der Waals surface area (Å²) in [5.74, 6) is 2.06. The van der Waals surface area contributed by atoms with Crippen LogP contribution < -0.4 is 19.9 Å². The van der Waals surface area contributed by atoms with Gasteiger partial charge in [-0.2, -0.15) is 0 Å². The molecule has 8 heteroatoms. The topological polar surface area (TPSA) is 75.8 Å². The zero-order chi connectivity index (χ0) is 29.9. The standard InChI is InChI=1S/C34H38Cl2N2O4/c1-23-18-31(35)33(32(36)19-23)41-17-16-40-28-10-7-25(8-11-28)21-27(22-37)29-12-9-26(20-24(29)2)30-6-4-13-38-34(30)42-15-5-14-39-3/h4,6-13,18-20,27H,5,14-17,21-22,37H2,1-3H3. The minimum absolute atomic E-state index is 0.182. The van der Waals surface area contributed by atoms with Crippen molar-refractivity contribution in [2.24, 2.45) is 5.73 Å². The van der Waals surface area contributed by atoms with Crippen LogP contribution in [0.15, 0.2) is 72.9 Å². The average molecular weight is 610 g/mol. The van der Waals surface area contributed by atoms with Gasteiger partial charge >= 0.3 is 0 Å². The number of nitrogens with zero attached hydrogens (tertiary/aromatic N) is 1. The summed E-state index contributed by atoms with van der Waals surface area (Å²) in [6, 6.07) is 22.2. The Hall–Kier alpha value is -3.29. The number of methoxy groups -OCH3 is 1. The second-order valence-electron chi connectivity index (χ2n) is 10.2. The highest BCUT2D eigenvalue weighted by atomic mass is 35.5. The molecule has 0 spiro atoms. The maximum Gasteiger partial charge on any atom is 0.221 e. The van der Waals surface area contributed by atoms with Crippen LogP contribution in [-0.2, 0) is 11.2 Å². The van der Waals surface area contributed by atoms with E-state index in [0.29, 0.717) is 54.6 Å². The summed E-state index contributed by atoms with van der Waals surface area (Å²) in [4.78, 5) is 4.46. The van der Waals surface area contributed by atoms with Gasteiger partial charge in [0.2, 0.25) is 5.88 Å². The van der Waals surface area contributed by atoms with Gasteiger partial charge in [-0.3, -0.25) is 0 Å². The number of benzene rings is 3. The number of aromatic nitrogens is 1. The normalized spacial score (nSPS) is 11.8. The van der Waals surface area contributed by atoms with Crippen LogP contribution in [0.4, 0.5) is 0 Å². The van der Waals surface area contributed by atoms with Crippen LogP contribution in [-0.4, -0.2) is 45.1 Å². The van der Waals surface area contributed by atoms with Gasteiger partial charge in [-0.05, 0) is 91.0 Å². The monoisotopic (exact) mass is 608 g/mol. The Kier molecular flexibility index (Phi) is 11.9. The van der Waals surface area contributed by atoms with Crippen molar-refractivity contribution >= 4 is 23.2 Å². The first-order chi connectivity index (χ1) is 20.4. The van der Waals surface area contributed by atoms with Gasteiger partial charge in [-0.1, -0.05) is 53.5 Å². The maximum absolute atomic E-state index is 6.27. The Labute approximate surface area is 258 Å². The van der Waals surface area contributed by atoms with Crippen molar-refractivity contribution < 1.29 is 18.9 Å². The first-order valence-electron chi connectivity index (χ1n) is 14.1. The smallest absolute Gasteiger partial charge is 0.221 e. The number of nitrogens with two attached hydrogens (primary N) is 1. The van der Waals surface area contributed by atoms with E-state index in [-0.39, 0.29) is 5.92 Å². The summed E-state index contributed by atoms with van der Waals surface area (Å²) in [5, 5.41) is 0.988. The summed E-state index contributed by atoms with van der Waals surface area (Å²) in [6.07, 6.45) is 3.39. The zero-order valence-corrected chi connectivity index (χ0v) is 25.9. The first kappa shape index (κ1) is 31.6. The molecular formula is C34H38Cl2N2O4. The minimum Gasteiger partial charge on any atom is -0.490 e. The highest BCUT2D eigenvalue weighted by molar-refractivity contribution is 6.37. The highest BCUT2D eigenvalue weighted by Gasteiger charge is 2.16. The molecule has 0 aliphatic heterocycles. The second kappa shape index (κ2) is 15.8. The van der Waals surface area contributed by atoms with Crippen molar-refractivity contribution in [3.8, 4) is 28.5 Å². The molecule has 3 aromatic carbocycles. The largest absolute Gasteiger partial charge is 0.490 e. The summed E-state index contributed by atoms with van der Waals surface area (Å²) >= 11 is 12.5. The molecule has 0 saturated heterocycles. The molecule has 0 saturated carbocycles. The van der Waals surface area contributed by atoms with Crippen molar-refractivity contribution in [2.45, 2.75) is 32.6 Å². The van der Waals surface area contributed by atoms with E-state index in [9.17, 15) is 0 Å². The van der Waals surface area contributed by atoms with Crippen LogP contribution in [0, 0.1) is 13.8 Å². The molecule has 1 heterocycles. The number of hydrogen-bond acceptors (Lipinski definition) is 6. The van der Waals surface area contributed by atoms with Crippen LogP contribution in [0.2, 0.25) is 10.0 Å². The fourth-order valence-corrected chi connectivity index (χ4v) is 5.56. The zero-order valence-electron chi connectivity index (χ0n) is 24.4. The molecule has 0 bridgehead atoms. The molecule has 0 amide bonds. The molecule has 2 N–H and O–H groups in total. The number of hydrogen-bond donors (Lipinski definition) is 1. The van der Waals surface area contributed by atoms with E-state index in [2.05, 4.69) is 42.2 Å². The van der Waals surface area contributed by atoms with E-state index < -0.39 is 0 Å². The van der Waals surface area contributed by atoms with E-state index in [0.717, 1.165) is 35.3 Å². The quantitative estimate of drug-likeness (QED) is 0.139. The van der Waals surface area contributed by atoms with Crippen LogP contribution in [0.5, 0.6) is 17.4 Å². The van der Waals surface area contributed by atoms with Crippen molar-refractivity contribution in [3.05, 3.63) is 105 Å². The second-order valence-corrected chi connectivity index (χ2v) is 11.0.